The second kappa shape index (κ2) is 2.82. The van der Waals surface area contributed by atoms with Gasteiger partial charge in [-0.2, -0.15) is 0 Å². The normalized spacial score (nSPS) is 19.6. The highest BCUT2D eigenvalue weighted by molar-refractivity contribution is 7.11. The fourth-order valence-corrected chi connectivity index (χ4v) is 2.45. The average molecular weight is 183 g/mol. The van der Waals surface area contributed by atoms with E-state index in [1.54, 1.807) is 11.3 Å². The van der Waals surface area contributed by atoms with Crippen LogP contribution in [0.25, 0.3) is 0 Å². The van der Waals surface area contributed by atoms with Crippen molar-refractivity contribution < 1.29 is 5.11 Å². The molecule has 1 aromatic rings. The fraction of sp³-hybridized carbons (Fsp3) is 0.667. The number of thiazole rings is 1. The van der Waals surface area contributed by atoms with Gasteiger partial charge in [0.25, 0.3) is 0 Å². The van der Waals surface area contributed by atoms with Crippen LogP contribution in [0.5, 0.6) is 0 Å². The molecule has 2 rings (SSSR count). The summed E-state index contributed by atoms with van der Waals surface area (Å²) in [6, 6.07) is 0. The lowest BCUT2D eigenvalue weighted by atomic mass is 10.2. The van der Waals surface area contributed by atoms with Crippen LogP contribution >= 0.6 is 11.3 Å². The van der Waals surface area contributed by atoms with Crippen LogP contribution < -0.4 is 0 Å². The van der Waals surface area contributed by atoms with Crippen LogP contribution in [0.4, 0.5) is 0 Å². The van der Waals surface area contributed by atoms with Gasteiger partial charge >= 0.3 is 0 Å². The topological polar surface area (TPSA) is 33.1 Å². The molecule has 1 atom stereocenters. The van der Waals surface area contributed by atoms with Crippen LogP contribution in [0, 0.1) is 19.8 Å². The number of nitrogens with zero attached hydrogens (tertiary/aromatic N) is 1. The number of aromatic nitrogens is 1. The Balaban J connectivity index is 2.25. The third-order valence-corrected chi connectivity index (χ3v) is 3.42. The fourth-order valence-electron chi connectivity index (χ4n) is 1.45. The van der Waals surface area contributed by atoms with Gasteiger partial charge < -0.3 is 5.11 Å². The van der Waals surface area contributed by atoms with Crippen molar-refractivity contribution in [1.29, 1.82) is 0 Å². The van der Waals surface area contributed by atoms with Crippen molar-refractivity contribution >= 4 is 11.3 Å². The van der Waals surface area contributed by atoms with E-state index in [9.17, 15) is 5.11 Å². The van der Waals surface area contributed by atoms with E-state index < -0.39 is 0 Å². The molecule has 1 saturated carbocycles. The maximum absolute atomic E-state index is 9.82. The SMILES string of the molecule is Cc1nc(C)c(C(O)C2CC2)s1. The zero-order valence-electron chi connectivity index (χ0n) is 7.37. The van der Waals surface area contributed by atoms with Gasteiger partial charge in [-0.05, 0) is 32.6 Å². The number of hydrogen-bond acceptors (Lipinski definition) is 3. The molecular weight excluding hydrogens is 170 g/mol. The Morgan fingerprint density at radius 2 is 2.17 bits per heavy atom. The molecule has 1 heterocycles. The molecule has 0 aromatic carbocycles. The first-order chi connectivity index (χ1) is 5.68. The largest absolute Gasteiger partial charge is 0.387 e. The van der Waals surface area contributed by atoms with Gasteiger partial charge in [-0.1, -0.05) is 0 Å². The van der Waals surface area contributed by atoms with E-state index >= 15 is 0 Å². The Bertz CT molecular complexity index is 291. The Morgan fingerprint density at radius 3 is 2.58 bits per heavy atom. The zero-order valence-corrected chi connectivity index (χ0v) is 8.19. The Morgan fingerprint density at radius 1 is 1.50 bits per heavy atom. The van der Waals surface area contributed by atoms with Gasteiger partial charge in [0.1, 0.15) is 0 Å². The molecule has 0 aliphatic heterocycles. The van der Waals surface area contributed by atoms with Gasteiger partial charge in [0, 0.05) is 0 Å². The van der Waals surface area contributed by atoms with E-state index in [1.165, 1.54) is 12.8 Å². The van der Waals surface area contributed by atoms with Gasteiger partial charge in [-0.25, -0.2) is 4.98 Å². The molecule has 66 valence electrons. The van der Waals surface area contributed by atoms with Gasteiger partial charge in [0.15, 0.2) is 0 Å². The predicted octanol–water partition coefficient (Wildman–Crippen LogP) is 2.20. The average Bonchev–Trinajstić information content (AvgIpc) is 2.77. The highest BCUT2D eigenvalue weighted by Gasteiger charge is 2.32. The minimum atomic E-state index is -0.240. The lowest BCUT2D eigenvalue weighted by Gasteiger charge is -2.05. The minimum Gasteiger partial charge on any atom is -0.387 e. The molecule has 0 amide bonds. The second-order valence-electron chi connectivity index (χ2n) is 3.46. The Labute approximate surface area is 76.3 Å². The molecule has 1 unspecified atom stereocenters. The zero-order chi connectivity index (χ0) is 8.72. The van der Waals surface area contributed by atoms with Crippen LogP contribution in [-0.4, -0.2) is 10.1 Å². The van der Waals surface area contributed by atoms with Gasteiger partial charge in [0.2, 0.25) is 0 Å². The molecule has 2 nitrogen and oxygen atoms in total. The first kappa shape index (κ1) is 8.20. The van der Waals surface area contributed by atoms with Gasteiger partial charge in [-0.15, -0.1) is 11.3 Å². The molecular formula is C9H13NOS. The molecule has 1 aromatic heterocycles. The van der Waals surface area contributed by atoms with Crippen LogP contribution in [-0.2, 0) is 0 Å². The number of aliphatic hydroxyl groups excluding tert-OH is 1. The summed E-state index contributed by atoms with van der Waals surface area (Å²) < 4.78 is 0. The van der Waals surface area contributed by atoms with Crippen molar-refractivity contribution in [2.45, 2.75) is 32.8 Å². The molecule has 1 aliphatic carbocycles. The maximum Gasteiger partial charge on any atom is 0.0928 e. The molecule has 1 N–H and O–H groups in total. The predicted molar refractivity (Wildman–Crippen MR) is 49.3 cm³/mol. The van der Waals surface area contributed by atoms with Crippen LogP contribution in [0.15, 0.2) is 0 Å². The molecule has 0 spiro atoms. The first-order valence-electron chi connectivity index (χ1n) is 4.30. The number of rotatable bonds is 2. The van der Waals surface area contributed by atoms with E-state index in [-0.39, 0.29) is 6.10 Å². The summed E-state index contributed by atoms with van der Waals surface area (Å²) in [4.78, 5) is 5.38. The summed E-state index contributed by atoms with van der Waals surface area (Å²) in [6.07, 6.45) is 2.12. The monoisotopic (exact) mass is 183 g/mol. The van der Waals surface area contributed by atoms with Crippen molar-refractivity contribution in [1.82, 2.24) is 4.98 Å². The Hall–Kier alpha value is -0.410. The van der Waals surface area contributed by atoms with Crippen molar-refractivity contribution in [2.24, 2.45) is 5.92 Å². The van der Waals surface area contributed by atoms with Crippen molar-refractivity contribution in [3.8, 4) is 0 Å². The van der Waals surface area contributed by atoms with Crippen LogP contribution in [0.3, 0.4) is 0 Å². The standard InChI is InChI=1S/C9H13NOS/c1-5-9(12-6(2)10-5)8(11)7-3-4-7/h7-8,11H,3-4H2,1-2H3. The molecule has 3 heteroatoms. The summed E-state index contributed by atoms with van der Waals surface area (Å²) in [5.74, 6) is 0.517. The summed E-state index contributed by atoms with van der Waals surface area (Å²) >= 11 is 1.63. The highest BCUT2D eigenvalue weighted by atomic mass is 32.1. The van der Waals surface area contributed by atoms with Gasteiger partial charge in [0.05, 0.1) is 21.7 Å². The number of hydrogen-bond donors (Lipinski definition) is 1. The maximum atomic E-state index is 9.82. The molecule has 0 radical (unpaired) electrons. The van der Waals surface area contributed by atoms with E-state index in [1.807, 2.05) is 13.8 Å². The highest BCUT2D eigenvalue weighted by Crippen LogP contribution is 2.43. The molecule has 0 saturated heterocycles. The summed E-state index contributed by atoms with van der Waals surface area (Å²) in [5.41, 5.74) is 1.01. The molecule has 0 bridgehead atoms. The van der Waals surface area contributed by atoms with Gasteiger partial charge in [-0.3, -0.25) is 0 Å². The van der Waals surface area contributed by atoms with Crippen LogP contribution in [0.1, 0.15) is 34.5 Å². The van der Waals surface area contributed by atoms with Crippen molar-refractivity contribution in [3.05, 3.63) is 15.6 Å². The van der Waals surface area contributed by atoms with E-state index in [0.29, 0.717) is 5.92 Å². The number of aliphatic hydroxyl groups is 1. The van der Waals surface area contributed by atoms with Crippen molar-refractivity contribution in [3.63, 3.8) is 0 Å². The van der Waals surface area contributed by atoms with Crippen molar-refractivity contribution in [2.75, 3.05) is 0 Å². The Kier molecular flexibility index (Phi) is 1.93. The molecule has 1 fully saturated rings. The van der Waals surface area contributed by atoms with E-state index in [4.69, 9.17) is 0 Å². The minimum absolute atomic E-state index is 0.240. The third-order valence-electron chi connectivity index (χ3n) is 2.28. The molecule has 12 heavy (non-hydrogen) atoms. The molecule has 1 aliphatic rings. The second-order valence-corrected chi connectivity index (χ2v) is 4.70. The third kappa shape index (κ3) is 1.39. The smallest absolute Gasteiger partial charge is 0.0928 e. The summed E-state index contributed by atoms with van der Waals surface area (Å²) in [7, 11) is 0. The van der Waals surface area contributed by atoms with Crippen LogP contribution in [0.2, 0.25) is 0 Å². The first-order valence-corrected chi connectivity index (χ1v) is 5.12. The number of aryl methyl sites for hydroxylation is 2. The lowest BCUT2D eigenvalue weighted by Crippen LogP contribution is -1.98. The van der Waals surface area contributed by atoms with E-state index in [2.05, 4.69) is 4.98 Å². The quantitative estimate of drug-likeness (QED) is 0.762. The summed E-state index contributed by atoms with van der Waals surface area (Å²) in [5, 5.41) is 10.9. The summed E-state index contributed by atoms with van der Waals surface area (Å²) in [6.45, 7) is 3.96. The van der Waals surface area contributed by atoms with E-state index in [0.717, 1.165) is 15.6 Å². The lowest BCUT2D eigenvalue weighted by molar-refractivity contribution is 0.156.